The average molecular weight is 256 g/mol. The number of nitrogens with zero attached hydrogens (tertiary/aromatic N) is 2. The number of carboxylic acid groups (broad SMARTS) is 1. The zero-order valence-corrected chi connectivity index (χ0v) is 10.1. The van der Waals surface area contributed by atoms with Crippen LogP contribution in [0.3, 0.4) is 0 Å². The van der Waals surface area contributed by atoms with E-state index in [2.05, 4.69) is 4.98 Å². The molecule has 1 N–H and O–H groups in total. The zero-order valence-electron chi connectivity index (χ0n) is 10.1. The van der Waals surface area contributed by atoms with Gasteiger partial charge in [-0.05, 0) is 6.42 Å². The predicted molar refractivity (Wildman–Crippen MR) is 67.1 cm³/mol. The van der Waals surface area contributed by atoms with Crippen molar-refractivity contribution in [1.82, 2.24) is 9.55 Å². The van der Waals surface area contributed by atoms with Gasteiger partial charge in [0.1, 0.15) is 5.92 Å². The summed E-state index contributed by atoms with van der Waals surface area (Å²) >= 11 is 0. The standard InChI is InChI=1S/C14H12N2O3/c17-12(9-4-2-1-3-5-9)13-15-8-11-10(14(18)19)6-7-16(11)13/h1-5,8,10H,6-7H2,(H,18,19). The predicted octanol–water partition coefficient (Wildman–Crippen LogP) is 1.69. The second-order valence-corrected chi connectivity index (χ2v) is 4.53. The Kier molecular flexibility index (Phi) is 2.67. The largest absolute Gasteiger partial charge is 0.481 e. The van der Waals surface area contributed by atoms with Gasteiger partial charge in [-0.25, -0.2) is 4.98 Å². The number of hydrogen-bond acceptors (Lipinski definition) is 3. The molecule has 96 valence electrons. The molecule has 5 nitrogen and oxygen atoms in total. The second kappa shape index (κ2) is 4.35. The molecular weight excluding hydrogens is 244 g/mol. The van der Waals surface area contributed by atoms with Crippen LogP contribution in [0.2, 0.25) is 0 Å². The van der Waals surface area contributed by atoms with Crippen molar-refractivity contribution < 1.29 is 14.7 Å². The molecule has 0 bridgehead atoms. The Hall–Kier alpha value is -2.43. The third kappa shape index (κ3) is 1.83. The fourth-order valence-electron chi connectivity index (χ4n) is 2.46. The molecule has 0 saturated heterocycles. The quantitative estimate of drug-likeness (QED) is 0.848. The van der Waals surface area contributed by atoms with Crippen LogP contribution in [0.15, 0.2) is 36.5 Å². The molecule has 5 heteroatoms. The first-order valence-electron chi connectivity index (χ1n) is 6.06. The van der Waals surface area contributed by atoms with Gasteiger partial charge in [0.2, 0.25) is 5.78 Å². The summed E-state index contributed by atoms with van der Waals surface area (Å²) in [6.45, 7) is 0.528. The maximum Gasteiger partial charge on any atom is 0.312 e. The number of carbonyl (C=O) groups excluding carboxylic acids is 1. The molecule has 0 spiro atoms. The number of ketones is 1. The van der Waals surface area contributed by atoms with Crippen LogP contribution >= 0.6 is 0 Å². The third-order valence-electron chi connectivity index (χ3n) is 3.42. The summed E-state index contributed by atoms with van der Waals surface area (Å²) in [7, 11) is 0. The number of carbonyl (C=O) groups is 2. The molecule has 1 unspecified atom stereocenters. The molecule has 1 aliphatic rings. The molecule has 1 aromatic carbocycles. The van der Waals surface area contributed by atoms with Gasteiger partial charge in [-0.15, -0.1) is 0 Å². The highest BCUT2D eigenvalue weighted by Crippen LogP contribution is 2.29. The molecule has 0 aliphatic carbocycles. The molecule has 0 radical (unpaired) electrons. The molecule has 2 aromatic rings. The van der Waals surface area contributed by atoms with Crippen LogP contribution < -0.4 is 0 Å². The van der Waals surface area contributed by atoms with Gasteiger partial charge in [-0.1, -0.05) is 30.3 Å². The van der Waals surface area contributed by atoms with Gasteiger partial charge in [-0.2, -0.15) is 0 Å². The lowest BCUT2D eigenvalue weighted by atomic mass is 10.1. The van der Waals surface area contributed by atoms with E-state index in [1.165, 1.54) is 6.20 Å². The van der Waals surface area contributed by atoms with Crippen molar-refractivity contribution in [2.45, 2.75) is 18.9 Å². The van der Waals surface area contributed by atoms with Gasteiger partial charge in [-0.3, -0.25) is 9.59 Å². The molecule has 0 amide bonds. The van der Waals surface area contributed by atoms with Crippen LogP contribution in [0.4, 0.5) is 0 Å². The van der Waals surface area contributed by atoms with Crippen LogP contribution in [-0.2, 0) is 11.3 Å². The molecular formula is C14H12N2O3. The van der Waals surface area contributed by atoms with E-state index in [0.29, 0.717) is 30.0 Å². The molecule has 0 saturated carbocycles. The van der Waals surface area contributed by atoms with Crippen molar-refractivity contribution in [1.29, 1.82) is 0 Å². The number of rotatable bonds is 3. The van der Waals surface area contributed by atoms with E-state index >= 15 is 0 Å². The Morgan fingerprint density at radius 3 is 2.68 bits per heavy atom. The first-order valence-corrected chi connectivity index (χ1v) is 6.06. The van der Waals surface area contributed by atoms with Gasteiger partial charge in [0.15, 0.2) is 5.82 Å². The van der Waals surface area contributed by atoms with Gasteiger partial charge < -0.3 is 9.67 Å². The van der Waals surface area contributed by atoms with Crippen molar-refractivity contribution in [3.05, 3.63) is 53.6 Å². The van der Waals surface area contributed by atoms with Crippen LogP contribution in [0.25, 0.3) is 0 Å². The van der Waals surface area contributed by atoms with Gasteiger partial charge in [0.25, 0.3) is 0 Å². The SMILES string of the molecule is O=C(c1ccccc1)c1ncc2n1CCC2C(=O)O. The molecule has 1 aromatic heterocycles. The summed E-state index contributed by atoms with van der Waals surface area (Å²) in [5, 5.41) is 9.10. The summed E-state index contributed by atoms with van der Waals surface area (Å²) in [5.41, 5.74) is 1.18. The monoisotopic (exact) mass is 256 g/mol. The topological polar surface area (TPSA) is 72.2 Å². The van der Waals surface area contributed by atoms with E-state index in [1.54, 1.807) is 28.8 Å². The minimum absolute atomic E-state index is 0.169. The Morgan fingerprint density at radius 1 is 1.26 bits per heavy atom. The number of benzene rings is 1. The molecule has 2 heterocycles. The number of imidazole rings is 1. The molecule has 3 rings (SSSR count). The van der Waals surface area contributed by atoms with E-state index in [1.807, 2.05) is 6.07 Å². The number of hydrogen-bond donors (Lipinski definition) is 1. The molecule has 1 atom stereocenters. The summed E-state index contributed by atoms with van der Waals surface area (Å²) in [6, 6.07) is 8.89. The Balaban J connectivity index is 1.99. The van der Waals surface area contributed by atoms with Crippen molar-refractivity contribution in [3.63, 3.8) is 0 Å². The van der Waals surface area contributed by atoms with Crippen LogP contribution in [0, 0.1) is 0 Å². The summed E-state index contributed by atoms with van der Waals surface area (Å²) in [6.07, 6.45) is 2.02. The first kappa shape index (κ1) is 11.6. The van der Waals surface area contributed by atoms with Crippen LogP contribution in [0.1, 0.15) is 34.2 Å². The first-order chi connectivity index (χ1) is 9.18. The van der Waals surface area contributed by atoms with Gasteiger partial charge in [0, 0.05) is 18.3 Å². The number of aromatic nitrogens is 2. The van der Waals surface area contributed by atoms with Gasteiger partial charge >= 0.3 is 5.97 Å². The van der Waals surface area contributed by atoms with E-state index in [0.717, 1.165) is 0 Å². The maximum absolute atomic E-state index is 12.3. The summed E-state index contributed by atoms with van der Waals surface area (Å²) in [5.74, 6) is -1.26. The van der Waals surface area contributed by atoms with E-state index in [-0.39, 0.29) is 5.78 Å². The number of aliphatic carboxylic acids is 1. The van der Waals surface area contributed by atoms with E-state index in [9.17, 15) is 9.59 Å². The minimum atomic E-state index is -0.864. The Morgan fingerprint density at radius 2 is 2.00 bits per heavy atom. The van der Waals surface area contributed by atoms with Crippen molar-refractivity contribution >= 4 is 11.8 Å². The molecule has 0 fully saturated rings. The zero-order chi connectivity index (χ0) is 13.4. The second-order valence-electron chi connectivity index (χ2n) is 4.53. The van der Waals surface area contributed by atoms with Crippen molar-refractivity contribution in [2.75, 3.05) is 0 Å². The molecule has 1 aliphatic heterocycles. The minimum Gasteiger partial charge on any atom is -0.481 e. The number of carboxylic acids is 1. The fourth-order valence-corrected chi connectivity index (χ4v) is 2.46. The van der Waals surface area contributed by atoms with Crippen LogP contribution in [-0.4, -0.2) is 26.4 Å². The summed E-state index contributed by atoms with van der Waals surface area (Å²) < 4.78 is 1.72. The summed E-state index contributed by atoms with van der Waals surface area (Å²) in [4.78, 5) is 27.5. The maximum atomic E-state index is 12.3. The average Bonchev–Trinajstić information content (AvgIpc) is 2.99. The highest BCUT2D eigenvalue weighted by atomic mass is 16.4. The normalized spacial score (nSPS) is 17.2. The van der Waals surface area contributed by atoms with Gasteiger partial charge in [0.05, 0.1) is 5.69 Å². The Labute approximate surface area is 109 Å². The highest BCUT2D eigenvalue weighted by Gasteiger charge is 2.32. The Bertz CT molecular complexity index is 646. The smallest absolute Gasteiger partial charge is 0.312 e. The lowest BCUT2D eigenvalue weighted by Crippen LogP contribution is -2.10. The highest BCUT2D eigenvalue weighted by molar-refractivity contribution is 6.06. The van der Waals surface area contributed by atoms with Crippen LogP contribution in [0.5, 0.6) is 0 Å². The fraction of sp³-hybridized carbons (Fsp3) is 0.214. The number of fused-ring (bicyclic) bond motifs is 1. The lowest BCUT2D eigenvalue weighted by molar-refractivity contribution is -0.138. The van der Waals surface area contributed by atoms with E-state index in [4.69, 9.17) is 5.11 Å². The third-order valence-corrected chi connectivity index (χ3v) is 3.42. The van der Waals surface area contributed by atoms with E-state index < -0.39 is 11.9 Å². The van der Waals surface area contributed by atoms with Crippen molar-refractivity contribution in [3.8, 4) is 0 Å². The lowest BCUT2D eigenvalue weighted by Gasteiger charge is -2.03. The van der Waals surface area contributed by atoms with Crippen molar-refractivity contribution in [2.24, 2.45) is 0 Å². The molecule has 19 heavy (non-hydrogen) atoms.